The number of nitrogens with two attached hydrogens (primary N) is 1. The van der Waals surface area contributed by atoms with Gasteiger partial charge in [-0.05, 0) is 18.1 Å². The lowest BCUT2D eigenvalue weighted by Gasteiger charge is -2.11. The Hall–Kier alpha value is -2.37. The van der Waals surface area contributed by atoms with E-state index in [0.717, 1.165) is 12.0 Å². The topological polar surface area (TPSA) is 94.0 Å². The molecule has 0 amide bonds. The van der Waals surface area contributed by atoms with Gasteiger partial charge in [-0.3, -0.25) is 0 Å². The normalized spacial score (nSPS) is 12.3. The molecule has 0 aliphatic rings. The van der Waals surface area contributed by atoms with Crippen LogP contribution in [-0.4, -0.2) is 26.1 Å². The number of nitrogen functional groups attached to an aromatic ring is 1. The molecule has 6 heteroatoms. The third kappa shape index (κ3) is 2.79. The Morgan fingerprint density at radius 1 is 1.40 bits per heavy atom. The van der Waals surface area contributed by atoms with Gasteiger partial charge in [0.1, 0.15) is 5.69 Å². The Balaban J connectivity index is 2.49. The molecule has 0 aliphatic heterocycles. The highest BCUT2D eigenvalue weighted by atomic mass is 16.4. The zero-order valence-electron chi connectivity index (χ0n) is 11.6. The summed E-state index contributed by atoms with van der Waals surface area (Å²) in [5.41, 5.74) is 7.55. The molecule has 1 aromatic carbocycles. The number of anilines is 1. The summed E-state index contributed by atoms with van der Waals surface area (Å²) < 4.78 is 1.66. The van der Waals surface area contributed by atoms with E-state index in [1.165, 1.54) is 0 Å². The fraction of sp³-hybridized carbons (Fsp3) is 0.357. The average molecular weight is 274 g/mol. The van der Waals surface area contributed by atoms with Gasteiger partial charge in [0.05, 0.1) is 0 Å². The molecule has 3 N–H and O–H groups in total. The van der Waals surface area contributed by atoms with Crippen LogP contribution in [0.15, 0.2) is 24.3 Å². The van der Waals surface area contributed by atoms with Crippen molar-refractivity contribution in [1.29, 1.82) is 0 Å². The largest absolute Gasteiger partial charge is 0.476 e. The molecule has 0 saturated heterocycles. The summed E-state index contributed by atoms with van der Waals surface area (Å²) in [6, 6.07) is 7.05. The number of aromatic nitrogens is 3. The van der Waals surface area contributed by atoms with Crippen molar-refractivity contribution in [3.05, 3.63) is 30.0 Å². The van der Waals surface area contributed by atoms with Gasteiger partial charge < -0.3 is 10.8 Å². The van der Waals surface area contributed by atoms with Crippen LogP contribution in [0.1, 0.15) is 30.8 Å². The number of hydrogen-bond acceptors (Lipinski definition) is 4. The first-order valence-corrected chi connectivity index (χ1v) is 6.55. The van der Waals surface area contributed by atoms with E-state index in [0.29, 0.717) is 23.8 Å². The van der Waals surface area contributed by atoms with Gasteiger partial charge in [0.2, 0.25) is 0 Å². The van der Waals surface area contributed by atoms with Gasteiger partial charge in [-0.15, -0.1) is 5.10 Å². The summed E-state index contributed by atoms with van der Waals surface area (Å²) in [5, 5.41) is 17.0. The second-order valence-electron chi connectivity index (χ2n) is 4.91. The van der Waals surface area contributed by atoms with Crippen molar-refractivity contribution in [2.24, 2.45) is 5.92 Å². The number of carbonyl (C=O) groups is 1. The Kier molecular flexibility index (Phi) is 4.02. The third-order valence-corrected chi connectivity index (χ3v) is 3.30. The van der Waals surface area contributed by atoms with Gasteiger partial charge in [-0.25, -0.2) is 9.48 Å². The second-order valence-corrected chi connectivity index (χ2v) is 4.91. The number of carboxylic acid groups (broad SMARTS) is 1. The summed E-state index contributed by atoms with van der Waals surface area (Å²) >= 11 is 0. The Morgan fingerprint density at radius 3 is 2.60 bits per heavy atom. The van der Waals surface area contributed by atoms with Gasteiger partial charge in [-0.2, -0.15) is 0 Å². The minimum Gasteiger partial charge on any atom is -0.476 e. The lowest BCUT2D eigenvalue weighted by molar-refractivity contribution is 0.0691. The minimum atomic E-state index is -1.08. The molecule has 0 bridgehead atoms. The quantitative estimate of drug-likeness (QED) is 0.816. The molecule has 0 radical (unpaired) electrons. The Labute approximate surface area is 117 Å². The summed E-state index contributed by atoms with van der Waals surface area (Å²) in [6.45, 7) is 4.81. The average Bonchev–Trinajstić information content (AvgIpc) is 2.83. The van der Waals surface area contributed by atoms with Crippen molar-refractivity contribution in [2.75, 3.05) is 5.73 Å². The van der Waals surface area contributed by atoms with E-state index in [1.807, 2.05) is 0 Å². The molecular formula is C14H18N4O2. The zero-order valence-corrected chi connectivity index (χ0v) is 11.6. The number of benzene rings is 1. The molecule has 0 aliphatic carbocycles. The minimum absolute atomic E-state index is 0.0296. The fourth-order valence-corrected chi connectivity index (χ4v) is 1.94. The lowest BCUT2D eigenvalue weighted by Crippen LogP contribution is -2.10. The maximum Gasteiger partial charge on any atom is 0.358 e. The van der Waals surface area contributed by atoms with Crippen LogP contribution >= 0.6 is 0 Å². The van der Waals surface area contributed by atoms with Crippen LogP contribution in [0, 0.1) is 5.92 Å². The predicted molar refractivity (Wildman–Crippen MR) is 76.3 cm³/mol. The SMILES string of the molecule is CCC(C)Cn1nnc(C(=O)O)c1-c1ccc(N)cc1. The highest BCUT2D eigenvalue weighted by Gasteiger charge is 2.21. The van der Waals surface area contributed by atoms with Crippen molar-refractivity contribution in [3.8, 4) is 11.3 Å². The first-order chi connectivity index (χ1) is 9.52. The van der Waals surface area contributed by atoms with Crippen LogP contribution in [0.4, 0.5) is 5.69 Å². The third-order valence-electron chi connectivity index (χ3n) is 3.30. The molecule has 0 saturated carbocycles. The fourth-order valence-electron chi connectivity index (χ4n) is 1.94. The van der Waals surface area contributed by atoms with E-state index in [9.17, 15) is 9.90 Å². The van der Waals surface area contributed by atoms with E-state index < -0.39 is 5.97 Å². The van der Waals surface area contributed by atoms with Gasteiger partial charge in [-0.1, -0.05) is 37.6 Å². The zero-order chi connectivity index (χ0) is 14.7. The number of carboxylic acids is 1. The molecule has 106 valence electrons. The number of rotatable bonds is 5. The molecule has 0 spiro atoms. The van der Waals surface area contributed by atoms with Gasteiger partial charge >= 0.3 is 5.97 Å². The van der Waals surface area contributed by atoms with E-state index in [1.54, 1.807) is 28.9 Å². The van der Waals surface area contributed by atoms with Crippen LogP contribution in [-0.2, 0) is 6.54 Å². The highest BCUT2D eigenvalue weighted by molar-refractivity contribution is 5.92. The maximum absolute atomic E-state index is 11.3. The molecule has 1 heterocycles. The molecule has 2 aromatic rings. The number of hydrogen-bond donors (Lipinski definition) is 2. The van der Waals surface area contributed by atoms with Gasteiger partial charge in [0, 0.05) is 17.8 Å². The van der Waals surface area contributed by atoms with Crippen LogP contribution in [0.5, 0.6) is 0 Å². The van der Waals surface area contributed by atoms with Crippen molar-refractivity contribution in [1.82, 2.24) is 15.0 Å². The van der Waals surface area contributed by atoms with Crippen molar-refractivity contribution < 1.29 is 9.90 Å². The van der Waals surface area contributed by atoms with E-state index in [4.69, 9.17) is 5.73 Å². The van der Waals surface area contributed by atoms with Crippen LogP contribution in [0.2, 0.25) is 0 Å². The molecule has 0 fully saturated rings. The van der Waals surface area contributed by atoms with Crippen molar-refractivity contribution in [2.45, 2.75) is 26.8 Å². The number of aromatic carboxylic acids is 1. The Bertz CT molecular complexity index is 604. The maximum atomic E-state index is 11.3. The van der Waals surface area contributed by atoms with Crippen LogP contribution < -0.4 is 5.73 Å². The predicted octanol–water partition coefficient (Wildman–Crippen LogP) is 2.27. The smallest absolute Gasteiger partial charge is 0.358 e. The van der Waals surface area contributed by atoms with E-state index in [-0.39, 0.29) is 5.69 Å². The standard InChI is InChI=1S/C14H18N4O2/c1-3-9(2)8-18-13(12(14(19)20)16-17-18)10-4-6-11(15)7-5-10/h4-7,9H,3,8,15H2,1-2H3,(H,19,20). The van der Waals surface area contributed by atoms with Crippen molar-refractivity contribution in [3.63, 3.8) is 0 Å². The molecule has 20 heavy (non-hydrogen) atoms. The first-order valence-electron chi connectivity index (χ1n) is 6.55. The summed E-state index contributed by atoms with van der Waals surface area (Å²) in [7, 11) is 0. The summed E-state index contributed by atoms with van der Waals surface area (Å²) in [4.78, 5) is 11.3. The van der Waals surface area contributed by atoms with Crippen LogP contribution in [0.3, 0.4) is 0 Å². The Morgan fingerprint density at radius 2 is 2.05 bits per heavy atom. The van der Waals surface area contributed by atoms with Gasteiger partial charge in [0.25, 0.3) is 0 Å². The summed E-state index contributed by atoms with van der Waals surface area (Å²) in [5.74, 6) is -0.682. The van der Waals surface area contributed by atoms with Gasteiger partial charge in [0.15, 0.2) is 5.69 Å². The number of nitrogens with zero attached hydrogens (tertiary/aromatic N) is 3. The first kappa shape index (κ1) is 14.0. The lowest BCUT2D eigenvalue weighted by atomic mass is 10.1. The van der Waals surface area contributed by atoms with E-state index >= 15 is 0 Å². The highest BCUT2D eigenvalue weighted by Crippen LogP contribution is 2.24. The molecule has 1 aromatic heterocycles. The molecule has 1 atom stereocenters. The van der Waals surface area contributed by atoms with Crippen molar-refractivity contribution >= 4 is 11.7 Å². The molecular weight excluding hydrogens is 256 g/mol. The molecule has 6 nitrogen and oxygen atoms in total. The molecule has 2 rings (SSSR count). The second kappa shape index (κ2) is 5.73. The monoisotopic (exact) mass is 274 g/mol. The summed E-state index contributed by atoms with van der Waals surface area (Å²) in [6.07, 6.45) is 0.990. The van der Waals surface area contributed by atoms with Crippen LogP contribution in [0.25, 0.3) is 11.3 Å². The molecule has 1 unspecified atom stereocenters. The van der Waals surface area contributed by atoms with E-state index in [2.05, 4.69) is 24.2 Å².